The largest absolute Gasteiger partial charge is 0.342 e. The van der Waals surface area contributed by atoms with E-state index >= 15 is 0 Å². The minimum Gasteiger partial charge on any atom is -0.342 e. The van der Waals surface area contributed by atoms with Crippen molar-refractivity contribution in [1.29, 1.82) is 0 Å². The highest BCUT2D eigenvalue weighted by molar-refractivity contribution is 6.34. The number of fused-ring (bicyclic) bond motifs is 2. The van der Waals surface area contributed by atoms with Gasteiger partial charge in [0.15, 0.2) is 11.6 Å². The predicted octanol–water partition coefficient (Wildman–Crippen LogP) is 2.85. The van der Waals surface area contributed by atoms with E-state index in [1.165, 1.54) is 12.5 Å². The number of aromatic nitrogens is 3. The normalized spacial score (nSPS) is 30.2. The first kappa shape index (κ1) is 13.2. The summed E-state index contributed by atoms with van der Waals surface area (Å²) in [6.07, 6.45) is 6.26. The fourth-order valence-electron chi connectivity index (χ4n) is 3.05. The van der Waals surface area contributed by atoms with Crippen molar-refractivity contribution >= 4 is 22.6 Å². The molecular formula is C14H13ClFN3O2. The molecule has 0 aromatic carbocycles. The van der Waals surface area contributed by atoms with Crippen LogP contribution in [0.25, 0.3) is 11.0 Å². The summed E-state index contributed by atoms with van der Waals surface area (Å²) in [6, 6.07) is -0.185. The van der Waals surface area contributed by atoms with E-state index in [1.807, 2.05) is 26.0 Å². The molecule has 0 bridgehead atoms. The summed E-state index contributed by atoms with van der Waals surface area (Å²) in [5.41, 5.74) is 0.455. The Bertz CT molecular complexity index is 758. The summed E-state index contributed by atoms with van der Waals surface area (Å²) in [5.74, 6) is -1.09. The summed E-state index contributed by atoms with van der Waals surface area (Å²) in [5, 5.41) is 0.341. The molecule has 0 amide bonds. The Hall–Kier alpha value is -1.50. The first-order valence-electron chi connectivity index (χ1n) is 6.67. The van der Waals surface area contributed by atoms with Crippen LogP contribution < -0.4 is 0 Å². The van der Waals surface area contributed by atoms with Gasteiger partial charge in [0.2, 0.25) is 0 Å². The van der Waals surface area contributed by atoms with Crippen molar-refractivity contribution in [3.8, 4) is 0 Å². The Morgan fingerprint density at radius 1 is 1.29 bits per heavy atom. The number of nitrogens with zero attached hydrogens (tertiary/aromatic N) is 3. The number of ether oxygens (including phenoxy) is 2. The smallest absolute Gasteiger partial charge is 0.164 e. The van der Waals surface area contributed by atoms with Crippen molar-refractivity contribution in [2.75, 3.05) is 0 Å². The maximum absolute atomic E-state index is 14.1. The third-order valence-corrected chi connectivity index (χ3v) is 4.12. The second kappa shape index (κ2) is 4.25. The van der Waals surface area contributed by atoms with Crippen molar-refractivity contribution in [1.82, 2.24) is 14.5 Å². The van der Waals surface area contributed by atoms with Gasteiger partial charge in [-0.3, -0.25) is 0 Å². The van der Waals surface area contributed by atoms with Gasteiger partial charge in [0, 0.05) is 6.20 Å². The lowest BCUT2D eigenvalue weighted by Gasteiger charge is -2.22. The monoisotopic (exact) mass is 309 g/mol. The molecule has 21 heavy (non-hydrogen) atoms. The van der Waals surface area contributed by atoms with Crippen molar-refractivity contribution in [2.24, 2.45) is 0 Å². The molecule has 2 aromatic heterocycles. The van der Waals surface area contributed by atoms with E-state index in [9.17, 15) is 4.39 Å². The van der Waals surface area contributed by atoms with E-state index < -0.39 is 11.6 Å². The van der Waals surface area contributed by atoms with Crippen LogP contribution in [0, 0.1) is 5.82 Å². The Morgan fingerprint density at radius 3 is 2.90 bits per heavy atom. The van der Waals surface area contributed by atoms with Gasteiger partial charge in [-0.25, -0.2) is 14.4 Å². The number of hydrogen-bond acceptors (Lipinski definition) is 4. The lowest BCUT2D eigenvalue weighted by Crippen LogP contribution is -2.27. The Morgan fingerprint density at radius 2 is 2.10 bits per heavy atom. The number of halogens is 2. The third-order valence-electron chi connectivity index (χ3n) is 3.84. The topological polar surface area (TPSA) is 49.2 Å². The number of rotatable bonds is 1. The molecule has 5 nitrogen and oxygen atoms in total. The van der Waals surface area contributed by atoms with E-state index in [-0.39, 0.29) is 28.8 Å². The molecule has 1 fully saturated rings. The Balaban J connectivity index is 1.82. The van der Waals surface area contributed by atoms with E-state index in [0.717, 1.165) is 0 Å². The molecule has 3 unspecified atom stereocenters. The van der Waals surface area contributed by atoms with Crippen LogP contribution >= 0.6 is 11.6 Å². The molecule has 3 atom stereocenters. The highest BCUT2D eigenvalue weighted by atomic mass is 35.5. The molecule has 4 rings (SSSR count). The van der Waals surface area contributed by atoms with Crippen LogP contribution in [-0.4, -0.2) is 32.5 Å². The molecule has 0 saturated carbocycles. The van der Waals surface area contributed by atoms with Gasteiger partial charge in [-0.05, 0) is 13.8 Å². The van der Waals surface area contributed by atoms with Crippen molar-refractivity contribution in [3.05, 3.63) is 35.6 Å². The van der Waals surface area contributed by atoms with Gasteiger partial charge in [0.1, 0.15) is 29.3 Å². The third kappa shape index (κ3) is 1.90. The standard InChI is InChI=1S/C14H13ClFN3O2/c1-14(2)20-9-4-3-8(11(9)21-14)19-5-7(16)10-12(15)17-6-18-13(10)19/h3-6,8-9,11H,1-2H3. The van der Waals surface area contributed by atoms with Gasteiger partial charge in [-0.15, -0.1) is 0 Å². The molecule has 2 aromatic rings. The fourth-order valence-corrected chi connectivity index (χ4v) is 3.26. The average molecular weight is 310 g/mol. The zero-order valence-corrected chi connectivity index (χ0v) is 12.2. The summed E-state index contributed by atoms with van der Waals surface area (Å²) >= 11 is 5.96. The summed E-state index contributed by atoms with van der Waals surface area (Å²) in [4.78, 5) is 7.98. The highest BCUT2D eigenvalue weighted by Crippen LogP contribution is 2.41. The molecule has 3 heterocycles. The SMILES string of the molecule is CC1(C)OC2C=CC(n3cc(F)c4c(Cl)ncnc43)C2O1. The van der Waals surface area contributed by atoms with E-state index in [4.69, 9.17) is 21.1 Å². The van der Waals surface area contributed by atoms with Crippen molar-refractivity contribution < 1.29 is 13.9 Å². The molecule has 0 N–H and O–H groups in total. The maximum atomic E-state index is 14.1. The molecule has 2 aliphatic rings. The molecule has 1 aliphatic heterocycles. The summed E-state index contributed by atoms with van der Waals surface area (Å²) in [6.45, 7) is 3.73. The quantitative estimate of drug-likeness (QED) is 0.600. The molecule has 1 saturated heterocycles. The van der Waals surface area contributed by atoms with Gasteiger partial charge in [-0.1, -0.05) is 23.8 Å². The predicted molar refractivity (Wildman–Crippen MR) is 74.5 cm³/mol. The van der Waals surface area contributed by atoms with Crippen LogP contribution in [0.15, 0.2) is 24.7 Å². The Kier molecular flexibility index (Phi) is 2.67. The zero-order valence-electron chi connectivity index (χ0n) is 11.5. The van der Waals surface area contributed by atoms with Gasteiger partial charge in [0.25, 0.3) is 0 Å². The van der Waals surface area contributed by atoms with Gasteiger partial charge in [-0.2, -0.15) is 0 Å². The van der Waals surface area contributed by atoms with Crippen molar-refractivity contribution in [2.45, 2.75) is 37.9 Å². The first-order valence-corrected chi connectivity index (χ1v) is 7.04. The highest BCUT2D eigenvalue weighted by Gasteiger charge is 2.47. The summed E-state index contributed by atoms with van der Waals surface area (Å²) < 4.78 is 27.6. The van der Waals surface area contributed by atoms with Crippen LogP contribution in [0.5, 0.6) is 0 Å². The second-order valence-corrected chi connectivity index (χ2v) is 6.05. The van der Waals surface area contributed by atoms with Gasteiger partial charge >= 0.3 is 0 Å². The molecule has 110 valence electrons. The Labute approximate surface area is 125 Å². The zero-order chi connectivity index (χ0) is 14.8. The van der Waals surface area contributed by atoms with E-state index in [0.29, 0.717) is 5.65 Å². The lowest BCUT2D eigenvalue weighted by molar-refractivity contribution is -0.146. The van der Waals surface area contributed by atoms with Crippen LogP contribution in [-0.2, 0) is 9.47 Å². The minimum atomic E-state index is -0.646. The van der Waals surface area contributed by atoms with Gasteiger partial charge < -0.3 is 14.0 Å². The summed E-state index contributed by atoms with van der Waals surface area (Å²) in [7, 11) is 0. The fraction of sp³-hybridized carbons (Fsp3) is 0.429. The second-order valence-electron chi connectivity index (χ2n) is 5.69. The molecular weight excluding hydrogens is 297 g/mol. The molecule has 7 heteroatoms. The van der Waals surface area contributed by atoms with E-state index in [1.54, 1.807) is 4.57 Å². The molecule has 0 radical (unpaired) electrons. The lowest BCUT2D eigenvalue weighted by atomic mass is 10.2. The molecule has 0 spiro atoms. The van der Waals surface area contributed by atoms with Gasteiger partial charge in [0.05, 0.1) is 11.4 Å². The maximum Gasteiger partial charge on any atom is 0.164 e. The minimum absolute atomic E-state index is 0.110. The molecule has 1 aliphatic carbocycles. The number of hydrogen-bond donors (Lipinski definition) is 0. The average Bonchev–Trinajstić information content (AvgIpc) is 3.00. The van der Waals surface area contributed by atoms with Crippen LogP contribution in [0.4, 0.5) is 4.39 Å². The first-order chi connectivity index (χ1) is 9.96. The van der Waals surface area contributed by atoms with Crippen LogP contribution in [0.2, 0.25) is 5.15 Å². The van der Waals surface area contributed by atoms with Crippen LogP contribution in [0.3, 0.4) is 0 Å². The van der Waals surface area contributed by atoms with Crippen molar-refractivity contribution in [3.63, 3.8) is 0 Å². The van der Waals surface area contributed by atoms with Crippen LogP contribution in [0.1, 0.15) is 19.9 Å². The van der Waals surface area contributed by atoms with E-state index in [2.05, 4.69) is 9.97 Å².